The Morgan fingerprint density at radius 2 is 2.13 bits per heavy atom. The van der Waals surface area contributed by atoms with Crippen molar-refractivity contribution in [3.63, 3.8) is 0 Å². The number of primary amides is 1. The third-order valence-corrected chi connectivity index (χ3v) is 3.61. The van der Waals surface area contributed by atoms with E-state index in [-0.39, 0.29) is 12.2 Å². The van der Waals surface area contributed by atoms with Crippen molar-refractivity contribution in [3.05, 3.63) is 23.8 Å². The summed E-state index contributed by atoms with van der Waals surface area (Å²) in [5.41, 5.74) is 12.1. The van der Waals surface area contributed by atoms with Crippen LogP contribution in [0.2, 0.25) is 0 Å². The molecular formula is C10H14N2O2S. The summed E-state index contributed by atoms with van der Waals surface area (Å²) < 4.78 is 11.8. The average molecular weight is 226 g/mol. The fourth-order valence-electron chi connectivity index (χ4n) is 1.18. The van der Waals surface area contributed by atoms with E-state index in [1.807, 2.05) is 6.92 Å². The van der Waals surface area contributed by atoms with Crippen LogP contribution in [0.5, 0.6) is 0 Å². The van der Waals surface area contributed by atoms with E-state index in [9.17, 15) is 9.00 Å². The van der Waals surface area contributed by atoms with Crippen molar-refractivity contribution in [2.45, 2.75) is 18.2 Å². The number of carbonyl (C=O) groups is 1. The van der Waals surface area contributed by atoms with E-state index in [4.69, 9.17) is 11.5 Å². The molecule has 1 atom stereocenters. The minimum Gasteiger partial charge on any atom is -0.398 e. The van der Waals surface area contributed by atoms with E-state index in [1.165, 1.54) is 0 Å². The highest BCUT2D eigenvalue weighted by Crippen LogP contribution is 2.19. The van der Waals surface area contributed by atoms with Crippen LogP contribution in [0.25, 0.3) is 0 Å². The van der Waals surface area contributed by atoms with Gasteiger partial charge in [-0.3, -0.25) is 9.00 Å². The lowest BCUT2D eigenvalue weighted by Crippen LogP contribution is -2.14. The Labute approximate surface area is 91.1 Å². The van der Waals surface area contributed by atoms with Crippen molar-refractivity contribution in [1.29, 1.82) is 0 Å². The summed E-state index contributed by atoms with van der Waals surface area (Å²) >= 11 is 0. The predicted molar refractivity (Wildman–Crippen MR) is 60.7 cm³/mol. The molecule has 0 aliphatic rings. The number of carbonyl (C=O) groups excluding carboxylic acids is 1. The zero-order chi connectivity index (χ0) is 11.4. The zero-order valence-electron chi connectivity index (χ0n) is 8.53. The number of rotatable bonds is 4. The summed E-state index contributed by atoms with van der Waals surface area (Å²) in [4.78, 5) is 11.2. The number of hydrogen-bond donors (Lipinski definition) is 2. The van der Waals surface area contributed by atoms with Gasteiger partial charge >= 0.3 is 0 Å². The Kier molecular flexibility index (Phi) is 3.85. The van der Waals surface area contributed by atoms with E-state index < -0.39 is 16.7 Å². The van der Waals surface area contributed by atoms with E-state index in [0.717, 1.165) is 5.56 Å². The normalized spacial score (nSPS) is 12.3. The molecular weight excluding hydrogens is 212 g/mol. The van der Waals surface area contributed by atoms with Gasteiger partial charge in [-0.1, -0.05) is 6.07 Å². The highest BCUT2D eigenvalue weighted by molar-refractivity contribution is 7.85. The lowest BCUT2D eigenvalue weighted by atomic mass is 10.2. The number of hydrogen-bond acceptors (Lipinski definition) is 3. The molecule has 1 unspecified atom stereocenters. The molecule has 0 fully saturated rings. The third kappa shape index (κ3) is 3.06. The van der Waals surface area contributed by atoms with Gasteiger partial charge in [-0.15, -0.1) is 0 Å². The molecule has 15 heavy (non-hydrogen) atoms. The molecule has 0 spiro atoms. The number of nitrogen functional groups attached to an aromatic ring is 1. The van der Waals surface area contributed by atoms with Crippen molar-refractivity contribution < 1.29 is 9.00 Å². The molecule has 1 amide bonds. The fraction of sp³-hybridized carbons (Fsp3) is 0.300. The van der Waals surface area contributed by atoms with Gasteiger partial charge in [0.15, 0.2) is 0 Å². The van der Waals surface area contributed by atoms with E-state index in [0.29, 0.717) is 10.6 Å². The Morgan fingerprint density at radius 3 is 2.73 bits per heavy atom. The van der Waals surface area contributed by atoms with Gasteiger partial charge in [0.05, 0.1) is 10.8 Å². The monoisotopic (exact) mass is 226 g/mol. The van der Waals surface area contributed by atoms with Crippen molar-refractivity contribution in [3.8, 4) is 0 Å². The van der Waals surface area contributed by atoms with Gasteiger partial charge in [0, 0.05) is 22.8 Å². The second kappa shape index (κ2) is 4.93. The van der Waals surface area contributed by atoms with Crippen molar-refractivity contribution >= 4 is 22.4 Å². The molecule has 1 aromatic rings. The molecule has 0 bridgehead atoms. The summed E-state index contributed by atoms with van der Waals surface area (Å²) in [5, 5.41) is 0. The zero-order valence-corrected chi connectivity index (χ0v) is 9.34. The lowest BCUT2D eigenvalue weighted by Gasteiger charge is -2.07. The van der Waals surface area contributed by atoms with Gasteiger partial charge in [0.25, 0.3) is 0 Å². The maximum atomic E-state index is 11.8. The van der Waals surface area contributed by atoms with Crippen LogP contribution in [0.1, 0.15) is 12.0 Å². The van der Waals surface area contributed by atoms with Gasteiger partial charge in [-0.2, -0.15) is 0 Å². The maximum Gasteiger partial charge on any atom is 0.218 e. The average Bonchev–Trinajstić information content (AvgIpc) is 2.18. The van der Waals surface area contributed by atoms with Gasteiger partial charge in [0.2, 0.25) is 5.91 Å². The first kappa shape index (κ1) is 11.7. The number of benzene rings is 1. The molecule has 0 aliphatic carbocycles. The molecule has 0 aliphatic heterocycles. The molecule has 0 saturated carbocycles. The molecule has 0 aromatic heterocycles. The Hall–Kier alpha value is -1.36. The van der Waals surface area contributed by atoms with Crippen LogP contribution in [0, 0.1) is 6.92 Å². The second-order valence-electron chi connectivity index (χ2n) is 3.24. The lowest BCUT2D eigenvalue weighted by molar-refractivity contribution is -0.117. The Morgan fingerprint density at radius 1 is 1.47 bits per heavy atom. The fourth-order valence-corrected chi connectivity index (χ4v) is 2.48. The van der Waals surface area contributed by atoms with Crippen LogP contribution in [-0.2, 0) is 15.6 Å². The summed E-state index contributed by atoms with van der Waals surface area (Å²) in [5.74, 6) is -0.190. The quantitative estimate of drug-likeness (QED) is 0.735. The maximum absolute atomic E-state index is 11.8. The van der Waals surface area contributed by atoms with E-state index in [1.54, 1.807) is 18.2 Å². The van der Waals surface area contributed by atoms with Crippen LogP contribution in [0.15, 0.2) is 23.1 Å². The minimum absolute atomic E-state index is 0.126. The molecule has 0 saturated heterocycles. The Balaban J connectivity index is 2.82. The molecule has 1 aromatic carbocycles. The summed E-state index contributed by atoms with van der Waals surface area (Å²) in [6.45, 7) is 1.81. The summed E-state index contributed by atoms with van der Waals surface area (Å²) in [6.07, 6.45) is 0.126. The molecule has 0 radical (unpaired) electrons. The van der Waals surface area contributed by atoms with Gasteiger partial charge in [-0.25, -0.2) is 0 Å². The highest BCUT2D eigenvalue weighted by Gasteiger charge is 2.09. The summed E-state index contributed by atoms with van der Waals surface area (Å²) in [7, 11) is -1.21. The molecule has 0 heterocycles. The molecule has 82 valence electrons. The van der Waals surface area contributed by atoms with Crippen LogP contribution in [0.4, 0.5) is 5.69 Å². The SMILES string of the molecule is Cc1c(N)cccc1S(=O)CCC(N)=O. The largest absolute Gasteiger partial charge is 0.398 e. The van der Waals surface area contributed by atoms with Crippen molar-refractivity contribution in [2.75, 3.05) is 11.5 Å². The topological polar surface area (TPSA) is 86.2 Å². The number of nitrogens with two attached hydrogens (primary N) is 2. The van der Waals surface area contributed by atoms with Gasteiger partial charge in [-0.05, 0) is 24.6 Å². The molecule has 1 rings (SSSR count). The van der Waals surface area contributed by atoms with Crippen LogP contribution in [-0.4, -0.2) is 15.9 Å². The van der Waals surface area contributed by atoms with E-state index in [2.05, 4.69) is 0 Å². The highest BCUT2D eigenvalue weighted by atomic mass is 32.2. The molecule has 4 nitrogen and oxygen atoms in total. The number of anilines is 1. The third-order valence-electron chi connectivity index (χ3n) is 2.11. The van der Waals surface area contributed by atoms with Crippen LogP contribution >= 0.6 is 0 Å². The van der Waals surface area contributed by atoms with Gasteiger partial charge < -0.3 is 11.5 Å². The van der Waals surface area contributed by atoms with Crippen LogP contribution < -0.4 is 11.5 Å². The van der Waals surface area contributed by atoms with E-state index >= 15 is 0 Å². The van der Waals surface area contributed by atoms with Crippen molar-refractivity contribution in [1.82, 2.24) is 0 Å². The first-order valence-electron chi connectivity index (χ1n) is 4.54. The Bertz CT molecular complexity index is 404. The van der Waals surface area contributed by atoms with Gasteiger partial charge in [0.1, 0.15) is 0 Å². The molecule has 5 heteroatoms. The van der Waals surface area contributed by atoms with Crippen LogP contribution in [0.3, 0.4) is 0 Å². The molecule has 4 N–H and O–H groups in total. The standard InChI is InChI=1S/C10H14N2O2S/c1-7-8(11)3-2-4-9(7)15(14)6-5-10(12)13/h2-4H,5-6,11H2,1H3,(H2,12,13). The van der Waals surface area contributed by atoms with Crippen molar-refractivity contribution in [2.24, 2.45) is 5.73 Å². The first-order chi connectivity index (χ1) is 7.02. The number of amides is 1. The summed E-state index contributed by atoms with van der Waals surface area (Å²) in [6, 6.07) is 5.26. The second-order valence-corrected chi connectivity index (χ2v) is 4.78. The smallest absolute Gasteiger partial charge is 0.218 e. The minimum atomic E-state index is -1.21. The predicted octanol–water partition coefficient (Wildman–Crippen LogP) is 0.560. The first-order valence-corrected chi connectivity index (χ1v) is 5.86.